The number of nitrogens with one attached hydrogen (secondary N) is 1. The highest BCUT2D eigenvalue weighted by Crippen LogP contribution is 2.32. The molecular weight excluding hydrogens is 382 g/mol. The van der Waals surface area contributed by atoms with E-state index in [-0.39, 0.29) is 26.8 Å². The molecule has 27 heavy (non-hydrogen) atoms. The molecule has 3 N–H and O–H groups in total. The smallest absolute Gasteiger partial charge is 0.389 e. The van der Waals surface area contributed by atoms with Crippen LogP contribution in [0, 0.1) is 5.82 Å². The molecule has 0 aliphatic heterocycles. The van der Waals surface area contributed by atoms with E-state index in [1.165, 1.54) is 18.2 Å². The third-order valence-corrected chi connectivity index (χ3v) is 4.38. The fraction of sp³-hybridized carbons (Fsp3) is 0.111. The van der Waals surface area contributed by atoms with Crippen LogP contribution in [-0.2, 0) is 0 Å². The van der Waals surface area contributed by atoms with Crippen LogP contribution in [-0.4, -0.2) is 23.6 Å². The summed E-state index contributed by atoms with van der Waals surface area (Å²) >= 11 is 0.903. The highest BCUT2D eigenvalue weighted by Gasteiger charge is 2.34. The number of hydrogen-bond donors (Lipinski definition) is 2. The second-order valence-electron chi connectivity index (χ2n) is 5.30. The van der Waals surface area contributed by atoms with Crippen molar-refractivity contribution in [3.8, 4) is 10.6 Å². The number of rotatable bonds is 6. The van der Waals surface area contributed by atoms with Gasteiger partial charge < -0.3 is 11.1 Å². The number of amides is 1. The Labute approximate surface area is 156 Å². The molecule has 4 nitrogen and oxygen atoms in total. The SMILES string of the molecule is C=C/C=C(/CNC(=O)c1nc(-c2ccccc2F)sc1N)C(=C)C(F)(F)F. The van der Waals surface area contributed by atoms with Crippen molar-refractivity contribution in [3.63, 3.8) is 0 Å². The number of halogens is 4. The predicted molar refractivity (Wildman–Crippen MR) is 97.7 cm³/mol. The molecule has 1 aromatic heterocycles. The maximum Gasteiger partial charge on any atom is 0.416 e. The zero-order valence-electron chi connectivity index (χ0n) is 13.9. The minimum atomic E-state index is -4.64. The third-order valence-electron chi connectivity index (χ3n) is 3.46. The third kappa shape index (κ3) is 4.82. The molecule has 0 fully saturated rings. The van der Waals surface area contributed by atoms with Crippen LogP contribution >= 0.6 is 11.3 Å². The minimum absolute atomic E-state index is 0.0228. The average Bonchev–Trinajstić information content (AvgIpc) is 2.99. The number of nitrogen functional groups attached to an aromatic ring is 1. The van der Waals surface area contributed by atoms with Crippen molar-refractivity contribution in [2.75, 3.05) is 12.3 Å². The fourth-order valence-corrected chi connectivity index (χ4v) is 2.95. The molecule has 2 aromatic rings. The molecular formula is C18H15F4N3OS. The van der Waals surface area contributed by atoms with Crippen molar-refractivity contribution in [1.29, 1.82) is 0 Å². The molecule has 0 unspecified atom stereocenters. The topological polar surface area (TPSA) is 68.0 Å². The first-order chi connectivity index (χ1) is 12.6. The van der Waals surface area contributed by atoms with Gasteiger partial charge in [-0.25, -0.2) is 9.37 Å². The Morgan fingerprint density at radius 1 is 1.33 bits per heavy atom. The first kappa shape index (κ1) is 20.4. The zero-order valence-corrected chi connectivity index (χ0v) is 14.8. The fourth-order valence-electron chi connectivity index (χ4n) is 2.09. The number of allylic oxidation sites excluding steroid dienone is 2. The predicted octanol–water partition coefficient (Wildman–Crippen LogP) is 4.49. The minimum Gasteiger partial charge on any atom is -0.389 e. The number of aromatic nitrogens is 1. The van der Waals surface area contributed by atoms with E-state index in [2.05, 4.69) is 23.5 Å². The van der Waals surface area contributed by atoms with E-state index in [9.17, 15) is 22.4 Å². The maximum atomic E-state index is 13.8. The Bertz CT molecular complexity index is 916. The zero-order chi connectivity index (χ0) is 20.2. The number of hydrogen-bond acceptors (Lipinski definition) is 4. The number of benzene rings is 1. The van der Waals surface area contributed by atoms with Crippen LogP contribution in [0.1, 0.15) is 10.5 Å². The Hall–Kier alpha value is -2.94. The van der Waals surface area contributed by atoms with Gasteiger partial charge >= 0.3 is 6.18 Å². The summed E-state index contributed by atoms with van der Waals surface area (Å²) in [5, 5.41) is 2.53. The molecule has 142 valence electrons. The highest BCUT2D eigenvalue weighted by atomic mass is 32.1. The van der Waals surface area contributed by atoms with Crippen LogP contribution in [0.25, 0.3) is 10.6 Å². The van der Waals surface area contributed by atoms with Gasteiger partial charge in [0.1, 0.15) is 15.8 Å². The maximum absolute atomic E-state index is 13.8. The summed E-state index contributed by atoms with van der Waals surface area (Å²) in [6.07, 6.45) is -2.38. The molecule has 0 saturated heterocycles. The molecule has 0 aliphatic rings. The van der Waals surface area contributed by atoms with Gasteiger partial charge in [-0.15, -0.1) is 0 Å². The first-order valence-corrected chi connectivity index (χ1v) is 8.34. The van der Waals surface area contributed by atoms with Crippen molar-refractivity contribution in [1.82, 2.24) is 10.3 Å². The lowest BCUT2D eigenvalue weighted by molar-refractivity contribution is -0.0890. The van der Waals surface area contributed by atoms with Crippen molar-refractivity contribution >= 4 is 22.2 Å². The van der Waals surface area contributed by atoms with Crippen LogP contribution in [0.2, 0.25) is 0 Å². The van der Waals surface area contributed by atoms with E-state index in [1.807, 2.05) is 0 Å². The Morgan fingerprint density at radius 2 is 2.00 bits per heavy atom. The molecule has 9 heteroatoms. The van der Waals surface area contributed by atoms with Gasteiger partial charge in [-0.1, -0.05) is 48.8 Å². The van der Waals surface area contributed by atoms with Gasteiger partial charge in [0.2, 0.25) is 0 Å². The number of carbonyl (C=O) groups is 1. The summed E-state index contributed by atoms with van der Waals surface area (Å²) in [6, 6.07) is 5.82. The molecule has 1 amide bonds. The highest BCUT2D eigenvalue weighted by molar-refractivity contribution is 7.19. The van der Waals surface area contributed by atoms with Crippen LogP contribution < -0.4 is 11.1 Å². The standard InChI is InChI=1S/C18H15F4N3OS/c1-3-6-11(10(2)18(20,21)22)9-24-16(26)14-15(23)27-17(25-14)12-7-4-5-8-13(12)19/h3-8H,1-2,9,23H2,(H,24,26)/b11-6-. The summed E-state index contributed by atoms with van der Waals surface area (Å²) in [5.41, 5.74) is 4.40. The van der Waals surface area contributed by atoms with Gasteiger partial charge in [0.25, 0.3) is 5.91 Å². The number of anilines is 1. The molecule has 2 rings (SSSR count). The lowest BCUT2D eigenvalue weighted by Gasteiger charge is -2.14. The molecule has 0 aliphatic carbocycles. The van der Waals surface area contributed by atoms with E-state index in [4.69, 9.17) is 5.73 Å². The largest absolute Gasteiger partial charge is 0.416 e. The second kappa shape index (κ2) is 8.17. The summed E-state index contributed by atoms with van der Waals surface area (Å²) in [6.45, 7) is 5.89. The van der Waals surface area contributed by atoms with Gasteiger partial charge in [0.05, 0.1) is 5.57 Å². The number of nitrogens with zero attached hydrogens (tertiary/aromatic N) is 1. The van der Waals surface area contributed by atoms with Crippen molar-refractivity contribution in [2.45, 2.75) is 6.18 Å². The van der Waals surface area contributed by atoms with E-state index >= 15 is 0 Å². The summed E-state index contributed by atoms with van der Waals surface area (Å²) in [4.78, 5) is 16.3. The van der Waals surface area contributed by atoms with Crippen molar-refractivity contribution < 1.29 is 22.4 Å². The van der Waals surface area contributed by atoms with E-state index in [0.717, 1.165) is 23.5 Å². The van der Waals surface area contributed by atoms with E-state index < -0.39 is 30.0 Å². The molecule has 1 aromatic carbocycles. The Morgan fingerprint density at radius 3 is 2.59 bits per heavy atom. The molecule has 1 heterocycles. The molecule has 0 radical (unpaired) electrons. The monoisotopic (exact) mass is 397 g/mol. The molecule has 0 bridgehead atoms. The number of alkyl halides is 3. The van der Waals surface area contributed by atoms with Crippen LogP contribution in [0.3, 0.4) is 0 Å². The number of nitrogens with two attached hydrogens (primary N) is 1. The van der Waals surface area contributed by atoms with Crippen molar-refractivity contribution in [2.24, 2.45) is 0 Å². The van der Waals surface area contributed by atoms with E-state index in [1.54, 1.807) is 6.07 Å². The summed E-state index contributed by atoms with van der Waals surface area (Å²) < 4.78 is 52.3. The molecule has 0 atom stereocenters. The summed E-state index contributed by atoms with van der Waals surface area (Å²) in [5.74, 6) is -1.31. The van der Waals surface area contributed by atoms with Crippen LogP contribution in [0.5, 0.6) is 0 Å². The van der Waals surface area contributed by atoms with Crippen LogP contribution in [0.4, 0.5) is 22.6 Å². The first-order valence-electron chi connectivity index (χ1n) is 7.52. The van der Waals surface area contributed by atoms with Gasteiger partial charge in [0, 0.05) is 12.1 Å². The summed E-state index contributed by atoms with van der Waals surface area (Å²) in [7, 11) is 0. The molecule has 0 saturated carbocycles. The Balaban J connectivity index is 2.19. The average molecular weight is 397 g/mol. The van der Waals surface area contributed by atoms with Gasteiger partial charge in [-0.3, -0.25) is 4.79 Å². The Kier molecular flexibility index (Phi) is 6.17. The number of thiazole rings is 1. The quantitative estimate of drug-likeness (QED) is 0.557. The van der Waals surface area contributed by atoms with Gasteiger partial charge in [-0.05, 0) is 17.7 Å². The normalized spacial score (nSPS) is 11.9. The molecule has 0 spiro atoms. The van der Waals surface area contributed by atoms with E-state index in [0.29, 0.717) is 0 Å². The van der Waals surface area contributed by atoms with Crippen LogP contribution in [0.15, 0.2) is 60.7 Å². The lowest BCUT2D eigenvalue weighted by Crippen LogP contribution is -2.29. The van der Waals surface area contributed by atoms with Gasteiger partial charge in [0.15, 0.2) is 5.69 Å². The second-order valence-corrected chi connectivity index (χ2v) is 6.33. The van der Waals surface area contributed by atoms with Crippen molar-refractivity contribution in [3.05, 3.63) is 72.2 Å². The number of carbonyl (C=O) groups excluding carboxylic acids is 1. The lowest BCUT2D eigenvalue weighted by atomic mass is 10.1. The van der Waals surface area contributed by atoms with Gasteiger partial charge in [-0.2, -0.15) is 13.2 Å².